The van der Waals surface area contributed by atoms with Gasteiger partial charge in [0.25, 0.3) is 0 Å². The number of oxazole rings is 1. The molecule has 1 aromatic carbocycles. The third-order valence-corrected chi connectivity index (χ3v) is 2.31. The summed E-state index contributed by atoms with van der Waals surface area (Å²) in [6, 6.07) is 5.15. The van der Waals surface area contributed by atoms with E-state index >= 15 is 0 Å². The van der Waals surface area contributed by atoms with Crippen LogP contribution in [0.15, 0.2) is 27.4 Å². The van der Waals surface area contributed by atoms with Crippen molar-refractivity contribution in [2.24, 2.45) is 7.05 Å². The van der Waals surface area contributed by atoms with E-state index < -0.39 is 5.76 Å². The van der Waals surface area contributed by atoms with E-state index in [1.54, 1.807) is 32.3 Å². The van der Waals surface area contributed by atoms with Gasteiger partial charge < -0.3 is 4.42 Å². The van der Waals surface area contributed by atoms with Gasteiger partial charge in [-0.1, -0.05) is 0 Å². The molecular weight excluding hydrogens is 194 g/mol. The molecule has 5 nitrogen and oxygen atoms in total. The average Bonchev–Trinajstić information content (AvgIpc) is 2.54. The quantitative estimate of drug-likeness (QED) is 0.513. The van der Waals surface area contributed by atoms with Crippen LogP contribution >= 0.6 is 0 Å². The van der Waals surface area contributed by atoms with E-state index in [1.165, 1.54) is 9.47 Å². The molecule has 76 valence electrons. The smallest absolute Gasteiger partial charge is 0.408 e. The lowest BCUT2D eigenvalue weighted by atomic mass is 10.2. The number of fused-ring (bicyclic) bond motifs is 1. The second kappa shape index (κ2) is 3.17. The summed E-state index contributed by atoms with van der Waals surface area (Å²) in [7, 11) is 3.28. The molecule has 5 heteroatoms. The summed E-state index contributed by atoms with van der Waals surface area (Å²) in [5, 5.41) is 8.72. The van der Waals surface area contributed by atoms with Crippen LogP contribution in [0.4, 0.5) is 5.69 Å². The highest BCUT2D eigenvalue weighted by Crippen LogP contribution is 2.19. The minimum absolute atomic E-state index is 0.401. The Hall–Kier alpha value is -2.22. The Morgan fingerprint density at radius 1 is 1.53 bits per heavy atom. The second-order valence-corrected chi connectivity index (χ2v) is 3.24. The Morgan fingerprint density at radius 2 is 2.27 bits per heavy atom. The maximum absolute atomic E-state index is 11.2. The average molecular weight is 203 g/mol. The predicted octanol–water partition coefficient (Wildman–Crippen LogP) is 1.05. The summed E-state index contributed by atoms with van der Waals surface area (Å²) < 4.78 is 6.38. The number of anilines is 1. The normalized spacial score (nSPS) is 10.2. The minimum Gasteiger partial charge on any atom is -0.408 e. The Morgan fingerprint density at radius 3 is 2.93 bits per heavy atom. The van der Waals surface area contributed by atoms with Gasteiger partial charge in [-0.15, -0.1) is 0 Å². The van der Waals surface area contributed by atoms with Crippen molar-refractivity contribution in [3.05, 3.63) is 28.7 Å². The van der Waals surface area contributed by atoms with Gasteiger partial charge in [0.15, 0.2) is 11.8 Å². The molecule has 0 fully saturated rings. The lowest BCUT2D eigenvalue weighted by Crippen LogP contribution is -2.10. The highest BCUT2D eigenvalue weighted by molar-refractivity contribution is 5.78. The number of hydrogen-bond donors (Lipinski definition) is 0. The standard InChI is InChI=1S/C10H9N3O2/c1-12(6-11)7-3-4-9-8(5-7)13(2)10(14)15-9/h3-5H,1-2H3. The van der Waals surface area contributed by atoms with Crippen molar-refractivity contribution in [3.63, 3.8) is 0 Å². The molecule has 0 saturated heterocycles. The molecule has 0 aliphatic carbocycles. The molecule has 0 N–H and O–H groups in total. The van der Waals surface area contributed by atoms with Crippen LogP contribution in [-0.4, -0.2) is 11.6 Å². The third kappa shape index (κ3) is 1.36. The van der Waals surface area contributed by atoms with Gasteiger partial charge in [0, 0.05) is 14.1 Å². The number of aromatic nitrogens is 1. The third-order valence-electron chi connectivity index (χ3n) is 2.31. The van der Waals surface area contributed by atoms with Crippen LogP contribution in [0.5, 0.6) is 0 Å². The van der Waals surface area contributed by atoms with Crippen LogP contribution in [0.25, 0.3) is 11.1 Å². The van der Waals surface area contributed by atoms with Crippen LogP contribution in [-0.2, 0) is 7.05 Å². The highest BCUT2D eigenvalue weighted by Gasteiger charge is 2.07. The lowest BCUT2D eigenvalue weighted by Gasteiger charge is -2.07. The van der Waals surface area contributed by atoms with Gasteiger partial charge in [-0.2, -0.15) is 5.26 Å². The molecule has 0 saturated carbocycles. The minimum atomic E-state index is -0.401. The fourth-order valence-electron chi connectivity index (χ4n) is 1.38. The van der Waals surface area contributed by atoms with Crippen molar-refractivity contribution in [2.75, 3.05) is 11.9 Å². The van der Waals surface area contributed by atoms with Crippen LogP contribution in [0.2, 0.25) is 0 Å². The zero-order valence-electron chi connectivity index (χ0n) is 8.39. The largest absolute Gasteiger partial charge is 0.419 e. The molecule has 0 radical (unpaired) electrons. The van der Waals surface area contributed by atoms with Crippen molar-refractivity contribution in [3.8, 4) is 6.19 Å². The van der Waals surface area contributed by atoms with E-state index in [9.17, 15) is 4.79 Å². The van der Waals surface area contributed by atoms with E-state index in [-0.39, 0.29) is 0 Å². The molecule has 2 aromatic rings. The first-order chi connectivity index (χ1) is 7.13. The first-order valence-corrected chi connectivity index (χ1v) is 4.36. The first-order valence-electron chi connectivity index (χ1n) is 4.36. The monoisotopic (exact) mass is 203 g/mol. The summed E-state index contributed by atoms with van der Waals surface area (Å²) in [6.07, 6.45) is 1.99. The number of hydrogen-bond acceptors (Lipinski definition) is 4. The number of nitriles is 1. The van der Waals surface area contributed by atoms with E-state index in [0.717, 1.165) is 5.69 Å². The van der Waals surface area contributed by atoms with Gasteiger partial charge in [0.1, 0.15) is 0 Å². The molecule has 0 bridgehead atoms. The first kappa shape index (κ1) is 9.34. The summed E-state index contributed by atoms with van der Waals surface area (Å²) in [5.41, 5.74) is 1.93. The number of aryl methyl sites for hydroxylation is 1. The molecular formula is C10H9N3O2. The van der Waals surface area contributed by atoms with Crippen LogP contribution < -0.4 is 10.7 Å². The maximum Gasteiger partial charge on any atom is 0.419 e. The molecule has 2 rings (SSSR count). The Balaban J connectivity index is 2.71. The topological polar surface area (TPSA) is 62.2 Å². The molecule has 1 aromatic heterocycles. The van der Waals surface area contributed by atoms with E-state index in [2.05, 4.69) is 0 Å². The molecule has 0 atom stereocenters. The molecule has 1 heterocycles. The highest BCUT2D eigenvalue weighted by atomic mass is 16.4. The Labute approximate surface area is 85.7 Å². The van der Waals surface area contributed by atoms with Gasteiger partial charge in [-0.3, -0.25) is 9.47 Å². The summed E-state index contributed by atoms with van der Waals surface area (Å²) >= 11 is 0. The Kier molecular flexibility index (Phi) is 1.97. The maximum atomic E-state index is 11.2. The van der Waals surface area contributed by atoms with Crippen molar-refractivity contribution >= 4 is 16.8 Å². The van der Waals surface area contributed by atoms with Crippen molar-refractivity contribution in [1.82, 2.24) is 4.57 Å². The molecule has 0 spiro atoms. The Bertz CT molecular complexity index is 603. The zero-order valence-corrected chi connectivity index (χ0v) is 8.39. The van der Waals surface area contributed by atoms with E-state index in [4.69, 9.17) is 9.68 Å². The van der Waals surface area contributed by atoms with Gasteiger partial charge in [0.05, 0.1) is 11.2 Å². The van der Waals surface area contributed by atoms with E-state index in [0.29, 0.717) is 11.1 Å². The van der Waals surface area contributed by atoms with Crippen LogP contribution in [0, 0.1) is 11.5 Å². The number of benzene rings is 1. The fourth-order valence-corrected chi connectivity index (χ4v) is 1.38. The van der Waals surface area contributed by atoms with E-state index in [1.807, 2.05) is 6.19 Å². The van der Waals surface area contributed by atoms with Crippen molar-refractivity contribution in [1.29, 1.82) is 5.26 Å². The summed E-state index contributed by atoms with van der Waals surface area (Å²) in [4.78, 5) is 12.6. The fraction of sp³-hybridized carbons (Fsp3) is 0.200. The van der Waals surface area contributed by atoms with Crippen molar-refractivity contribution < 1.29 is 4.42 Å². The van der Waals surface area contributed by atoms with Gasteiger partial charge in [-0.25, -0.2) is 4.79 Å². The summed E-state index contributed by atoms with van der Waals surface area (Å²) in [5.74, 6) is -0.401. The molecule has 0 amide bonds. The summed E-state index contributed by atoms with van der Waals surface area (Å²) in [6.45, 7) is 0. The van der Waals surface area contributed by atoms with Crippen LogP contribution in [0.3, 0.4) is 0 Å². The van der Waals surface area contributed by atoms with Gasteiger partial charge in [0.2, 0.25) is 0 Å². The number of rotatable bonds is 1. The molecule has 0 aliphatic rings. The molecule has 0 unspecified atom stereocenters. The molecule has 15 heavy (non-hydrogen) atoms. The molecule has 0 aliphatic heterocycles. The van der Waals surface area contributed by atoms with Gasteiger partial charge in [-0.05, 0) is 18.2 Å². The number of nitrogens with zero attached hydrogens (tertiary/aromatic N) is 3. The van der Waals surface area contributed by atoms with Crippen molar-refractivity contribution in [2.45, 2.75) is 0 Å². The lowest BCUT2D eigenvalue weighted by molar-refractivity contribution is 0.528. The SMILES string of the molecule is CN(C#N)c1ccc2oc(=O)n(C)c2c1. The van der Waals surface area contributed by atoms with Crippen LogP contribution in [0.1, 0.15) is 0 Å². The predicted molar refractivity (Wildman–Crippen MR) is 55.5 cm³/mol. The second-order valence-electron chi connectivity index (χ2n) is 3.24. The zero-order chi connectivity index (χ0) is 11.0. The van der Waals surface area contributed by atoms with Gasteiger partial charge >= 0.3 is 5.76 Å².